The first-order valence-corrected chi connectivity index (χ1v) is 9.06. The van der Waals surface area contributed by atoms with Crippen molar-refractivity contribution >= 4 is 23.8 Å². The molecule has 5 nitrogen and oxygen atoms in total. The zero-order valence-electron chi connectivity index (χ0n) is 15.7. The first-order valence-electron chi connectivity index (χ1n) is 9.06. The van der Waals surface area contributed by atoms with Crippen LogP contribution in [0, 0.1) is 16.2 Å². The summed E-state index contributed by atoms with van der Waals surface area (Å²) in [5, 5.41) is 0. The van der Waals surface area contributed by atoms with E-state index in [9.17, 15) is 14.4 Å². The maximum Gasteiger partial charge on any atom is 0.245 e. The summed E-state index contributed by atoms with van der Waals surface area (Å²) in [5.74, 6) is -0.728. The van der Waals surface area contributed by atoms with Crippen molar-refractivity contribution in [2.75, 3.05) is 7.05 Å². The minimum absolute atomic E-state index is 0.173. The number of carbonyl (C=O) groups is 3. The normalized spacial score (nSPS) is 32.0. The van der Waals surface area contributed by atoms with Crippen molar-refractivity contribution in [2.24, 2.45) is 16.2 Å². The molecule has 0 radical (unpaired) electrons. The average molecular weight is 352 g/mol. The number of hydrogen-bond acceptors (Lipinski definition) is 3. The number of nitrogens with zero attached hydrogens (tertiary/aromatic N) is 2. The van der Waals surface area contributed by atoms with Crippen LogP contribution in [0.5, 0.6) is 0 Å². The number of fused-ring (bicyclic) bond motifs is 3. The molecule has 0 N–H and O–H groups in total. The minimum atomic E-state index is -1.19. The fourth-order valence-corrected chi connectivity index (χ4v) is 5.13. The van der Waals surface area contributed by atoms with E-state index in [0.717, 1.165) is 11.1 Å². The molecule has 5 heteroatoms. The Hall–Kier alpha value is -2.43. The molecule has 4 rings (SSSR count). The highest BCUT2D eigenvalue weighted by molar-refractivity contribution is 6.16. The van der Waals surface area contributed by atoms with E-state index in [1.165, 1.54) is 11.9 Å². The van der Waals surface area contributed by atoms with Gasteiger partial charge in [-0.05, 0) is 30.0 Å². The molecule has 0 spiro atoms. The van der Waals surface area contributed by atoms with Crippen LogP contribution >= 0.6 is 0 Å². The monoisotopic (exact) mass is 352 g/mol. The Morgan fingerprint density at radius 1 is 1.04 bits per heavy atom. The standard InChI is InChI=1S/C21H24N2O3/c1-19(2)20(3)10-11-21(19,17(25)22(4)16(20)24)18(26)23-12-9-14-7-5-6-8-15(14)13-23/h5-9,12H,10-11,13H2,1-4H3/t20-,21+/m0/s1. The van der Waals surface area contributed by atoms with Crippen molar-refractivity contribution in [1.29, 1.82) is 0 Å². The molecule has 3 aliphatic rings. The summed E-state index contributed by atoms with van der Waals surface area (Å²) in [5.41, 5.74) is -0.482. The third-order valence-corrected chi connectivity index (χ3v) is 7.35. The lowest BCUT2D eigenvalue weighted by Crippen LogP contribution is -2.67. The van der Waals surface area contributed by atoms with E-state index in [-0.39, 0.29) is 17.7 Å². The molecular weight excluding hydrogens is 328 g/mol. The first-order chi connectivity index (χ1) is 12.2. The van der Waals surface area contributed by atoms with Crippen LogP contribution in [0.1, 0.15) is 44.7 Å². The number of piperidine rings is 1. The quantitative estimate of drug-likeness (QED) is 0.577. The van der Waals surface area contributed by atoms with Gasteiger partial charge in [-0.25, -0.2) is 0 Å². The van der Waals surface area contributed by atoms with Crippen LogP contribution in [-0.2, 0) is 20.9 Å². The smallest absolute Gasteiger partial charge is 0.245 e. The third-order valence-electron chi connectivity index (χ3n) is 7.35. The van der Waals surface area contributed by atoms with Gasteiger partial charge in [0.1, 0.15) is 5.41 Å². The maximum atomic E-state index is 13.7. The highest BCUT2D eigenvalue weighted by Crippen LogP contribution is 2.67. The lowest BCUT2D eigenvalue weighted by atomic mass is 9.55. The number of hydrogen-bond donors (Lipinski definition) is 0. The van der Waals surface area contributed by atoms with Gasteiger partial charge in [0.25, 0.3) is 0 Å². The molecule has 0 unspecified atom stereocenters. The van der Waals surface area contributed by atoms with E-state index in [0.29, 0.717) is 19.4 Å². The fourth-order valence-electron chi connectivity index (χ4n) is 5.13. The summed E-state index contributed by atoms with van der Waals surface area (Å²) in [6.07, 6.45) is 4.65. The number of carbonyl (C=O) groups excluding carboxylic acids is 3. The summed E-state index contributed by atoms with van der Waals surface area (Å²) in [7, 11) is 1.51. The van der Waals surface area contributed by atoms with Gasteiger partial charge in [-0.1, -0.05) is 45.0 Å². The third kappa shape index (κ3) is 1.73. The number of rotatable bonds is 1. The average Bonchev–Trinajstić information content (AvgIpc) is 2.82. The topological polar surface area (TPSA) is 57.7 Å². The second kappa shape index (κ2) is 5.06. The molecule has 2 aliphatic heterocycles. The van der Waals surface area contributed by atoms with E-state index >= 15 is 0 Å². The molecule has 2 fully saturated rings. The van der Waals surface area contributed by atoms with Crippen LogP contribution in [0.4, 0.5) is 0 Å². The van der Waals surface area contributed by atoms with Gasteiger partial charge in [0.05, 0.1) is 12.0 Å². The number of likely N-dealkylation sites (tertiary alicyclic amines) is 1. The molecule has 1 saturated carbocycles. The molecule has 3 amide bonds. The molecule has 2 bridgehead atoms. The predicted octanol–water partition coefficient (Wildman–Crippen LogP) is 2.81. The van der Waals surface area contributed by atoms with Crippen LogP contribution in [0.25, 0.3) is 6.08 Å². The predicted molar refractivity (Wildman–Crippen MR) is 97.4 cm³/mol. The van der Waals surface area contributed by atoms with Crippen LogP contribution in [0.15, 0.2) is 30.5 Å². The van der Waals surface area contributed by atoms with Gasteiger partial charge in [0, 0.05) is 18.7 Å². The van der Waals surface area contributed by atoms with E-state index in [2.05, 4.69) is 0 Å². The molecule has 2 heterocycles. The van der Waals surface area contributed by atoms with Crippen molar-refractivity contribution in [2.45, 2.75) is 40.2 Å². The lowest BCUT2D eigenvalue weighted by molar-refractivity contribution is -0.181. The van der Waals surface area contributed by atoms with Crippen molar-refractivity contribution < 1.29 is 14.4 Å². The highest BCUT2D eigenvalue weighted by Gasteiger charge is 2.75. The summed E-state index contributed by atoms with van der Waals surface area (Å²) in [6, 6.07) is 7.93. The Bertz CT molecular complexity index is 872. The lowest BCUT2D eigenvalue weighted by Gasteiger charge is -2.53. The molecule has 1 aromatic rings. The maximum absolute atomic E-state index is 13.7. The van der Waals surface area contributed by atoms with Gasteiger partial charge in [-0.15, -0.1) is 0 Å². The van der Waals surface area contributed by atoms with Gasteiger partial charge >= 0.3 is 0 Å². The molecule has 1 saturated heterocycles. The molecule has 136 valence electrons. The largest absolute Gasteiger partial charge is 0.314 e. The number of benzene rings is 1. The summed E-state index contributed by atoms with van der Waals surface area (Å²) < 4.78 is 0. The van der Waals surface area contributed by atoms with Gasteiger partial charge in [-0.3, -0.25) is 19.3 Å². The van der Waals surface area contributed by atoms with Gasteiger partial charge < -0.3 is 4.90 Å². The van der Waals surface area contributed by atoms with E-state index in [4.69, 9.17) is 0 Å². The Kier molecular flexibility index (Phi) is 3.31. The molecule has 1 aliphatic carbocycles. The van der Waals surface area contributed by atoms with Crippen LogP contribution in [0.2, 0.25) is 0 Å². The zero-order chi connectivity index (χ0) is 18.9. The van der Waals surface area contributed by atoms with Crippen LogP contribution in [0.3, 0.4) is 0 Å². The number of imide groups is 1. The zero-order valence-corrected chi connectivity index (χ0v) is 15.7. The Morgan fingerprint density at radius 3 is 2.46 bits per heavy atom. The molecule has 0 aromatic heterocycles. The summed E-state index contributed by atoms with van der Waals surface area (Å²) in [4.78, 5) is 42.5. The fraction of sp³-hybridized carbons (Fsp3) is 0.476. The van der Waals surface area contributed by atoms with E-state index < -0.39 is 16.2 Å². The van der Waals surface area contributed by atoms with E-state index in [1.54, 1.807) is 11.1 Å². The Morgan fingerprint density at radius 2 is 1.73 bits per heavy atom. The van der Waals surface area contributed by atoms with Gasteiger partial charge in [0.2, 0.25) is 17.7 Å². The SMILES string of the molecule is CN1C(=O)[C@@]2(C(=O)N3C=Cc4ccccc4C3)CC[C@@](C)(C1=O)C2(C)C. The second-order valence-corrected chi connectivity index (χ2v) is 8.48. The molecule has 26 heavy (non-hydrogen) atoms. The van der Waals surface area contributed by atoms with Crippen molar-refractivity contribution in [3.05, 3.63) is 41.6 Å². The Balaban J connectivity index is 1.78. The minimum Gasteiger partial charge on any atom is -0.314 e. The van der Waals surface area contributed by atoms with Crippen molar-refractivity contribution in [3.63, 3.8) is 0 Å². The highest BCUT2D eigenvalue weighted by atomic mass is 16.2. The number of amides is 3. The molecule has 1 aromatic carbocycles. The van der Waals surface area contributed by atoms with Crippen molar-refractivity contribution in [3.8, 4) is 0 Å². The second-order valence-electron chi connectivity index (χ2n) is 8.48. The van der Waals surface area contributed by atoms with Crippen LogP contribution in [-0.4, -0.2) is 34.6 Å². The summed E-state index contributed by atoms with van der Waals surface area (Å²) in [6.45, 7) is 6.16. The van der Waals surface area contributed by atoms with Crippen LogP contribution < -0.4 is 0 Å². The first kappa shape index (κ1) is 17.0. The van der Waals surface area contributed by atoms with Gasteiger partial charge in [0.15, 0.2) is 0 Å². The molecule has 2 atom stereocenters. The van der Waals surface area contributed by atoms with E-state index in [1.807, 2.05) is 51.1 Å². The summed E-state index contributed by atoms with van der Waals surface area (Å²) >= 11 is 0. The van der Waals surface area contributed by atoms with Gasteiger partial charge in [-0.2, -0.15) is 0 Å². The Labute approximate surface area is 153 Å². The van der Waals surface area contributed by atoms with Crippen molar-refractivity contribution in [1.82, 2.24) is 9.80 Å². The molecular formula is C21H24N2O3.